The SMILES string of the molecule is COc1cccc2cc3c(nc12)N(C(=O)C(C)C)CC3. The van der Waals surface area contributed by atoms with Crippen LogP contribution in [-0.4, -0.2) is 24.5 Å². The highest BCUT2D eigenvalue weighted by Crippen LogP contribution is 2.33. The van der Waals surface area contributed by atoms with Crippen molar-refractivity contribution < 1.29 is 9.53 Å². The molecule has 4 nitrogen and oxygen atoms in total. The van der Waals surface area contributed by atoms with E-state index in [2.05, 4.69) is 6.07 Å². The molecular formula is C16H18N2O2. The van der Waals surface area contributed by atoms with Gasteiger partial charge in [-0.05, 0) is 24.1 Å². The van der Waals surface area contributed by atoms with Gasteiger partial charge in [0.05, 0.1) is 7.11 Å². The van der Waals surface area contributed by atoms with Crippen molar-refractivity contribution in [1.82, 2.24) is 4.98 Å². The highest BCUT2D eigenvalue weighted by atomic mass is 16.5. The van der Waals surface area contributed by atoms with Crippen LogP contribution < -0.4 is 9.64 Å². The molecule has 20 heavy (non-hydrogen) atoms. The second-order valence-corrected chi connectivity index (χ2v) is 5.40. The second-order valence-electron chi connectivity index (χ2n) is 5.40. The van der Waals surface area contributed by atoms with Crippen molar-refractivity contribution in [3.63, 3.8) is 0 Å². The minimum Gasteiger partial charge on any atom is -0.494 e. The lowest BCUT2D eigenvalue weighted by Gasteiger charge is -2.19. The smallest absolute Gasteiger partial charge is 0.230 e. The number of pyridine rings is 1. The molecule has 0 aliphatic carbocycles. The Morgan fingerprint density at radius 2 is 2.20 bits per heavy atom. The third-order valence-electron chi connectivity index (χ3n) is 3.71. The number of ether oxygens (including phenoxy) is 1. The van der Waals surface area contributed by atoms with E-state index in [9.17, 15) is 4.79 Å². The number of carbonyl (C=O) groups excluding carboxylic acids is 1. The average Bonchev–Trinajstić information content (AvgIpc) is 2.86. The monoisotopic (exact) mass is 270 g/mol. The van der Waals surface area contributed by atoms with Crippen LogP contribution in [0, 0.1) is 5.92 Å². The molecule has 0 unspecified atom stereocenters. The molecule has 0 bridgehead atoms. The molecule has 1 aliphatic rings. The van der Waals surface area contributed by atoms with Crippen LogP contribution in [-0.2, 0) is 11.2 Å². The predicted octanol–water partition coefficient (Wildman–Crippen LogP) is 2.79. The van der Waals surface area contributed by atoms with Crippen LogP contribution in [0.3, 0.4) is 0 Å². The van der Waals surface area contributed by atoms with Gasteiger partial charge in [0.15, 0.2) is 0 Å². The number of methoxy groups -OCH3 is 1. The molecule has 1 aromatic carbocycles. The molecule has 4 heteroatoms. The maximum atomic E-state index is 12.3. The summed E-state index contributed by atoms with van der Waals surface area (Å²) in [5, 5.41) is 1.06. The quantitative estimate of drug-likeness (QED) is 0.842. The first-order valence-corrected chi connectivity index (χ1v) is 6.90. The van der Waals surface area contributed by atoms with Gasteiger partial charge in [-0.2, -0.15) is 0 Å². The molecule has 2 heterocycles. The summed E-state index contributed by atoms with van der Waals surface area (Å²) in [6, 6.07) is 8.00. The molecule has 0 spiro atoms. The summed E-state index contributed by atoms with van der Waals surface area (Å²) in [6.45, 7) is 4.56. The lowest BCUT2D eigenvalue weighted by Crippen LogP contribution is -2.33. The maximum absolute atomic E-state index is 12.3. The van der Waals surface area contributed by atoms with Gasteiger partial charge in [0.2, 0.25) is 5.91 Å². The number of rotatable bonds is 2. The van der Waals surface area contributed by atoms with Crippen molar-refractivity contribution in [2.75, 3.05) is 18.6 Å². The second kappa shape index (κ2) is 4.78. The fourth-order valence-corrected chi connectivity index (χ4v) is 2.65. The number of fused-ring (bicyclic) bond motifs is 2. The molecule has 0 radical (unpaired) electrons. The Morgan fingerprint density at radius 1 is 1.40 bits per heavy atom. The summed E-state index contributed by atoms with van der Waals surface area (Å²) in [7, 11) is 1.64. The van der Waals surface area contributed by atoms with Crippen molar-refractivity contribution in [3.8, 4) is 5.75 Å². The van der Waals surface area contributed by atoms with Crippen molar-refractivity contribution in [3.05, 3.63) is 29.8 Å². The van der Waals surface area contributed by atoms with E-state index in [0.717, 1.165) is 41.0 Å². The highest BCUT2D eigenvalue weighted by Gasteiger charge is 2.28. The number of amides is 1. The number of hydrogen-bond donors (Lipinski definition) is 0. The van der Waals surface area contributed by atoms with Crippen LogP contribution in [0.2, 0.25) is 0 Å². The van der Waals surface area contributed by atoms with E-state index in [1.165, 1.54) is 0 Å². The van der Waals surface area contributed by atoms with E-state index in [1.807, 2.05) is 32.0 Å². The van der Waals surface area contributed by atoms with E-state index < -0.39 is 0 Å². The van der Waals surface area contributed by atoms with Gasteiger partial charge in [-0.3, -0.25) is 9.69 Å². The van der Waals surface area contributed by atoms with E-state index in [0.29, 0.717) is 0 Å². The predicted molar refractivity (Wildman–Crippen MR) is 79.2 cm³/mol. The highest BCUT2D eigenvalue weighted by molar-refractivity contribution is 5.98. The molecule has 0 atom stereocenters. The van der Waals surface area contributed by atoms with Crippen molar-refractivity contribution >= 4 is 22.6 Å². The number of benzene rings is 1. The maximum Gasteiger partial charge on any atom is 0.230 e. The molecule has 0 saturated heterocycles. The van der Waals surface area contributed by atoms with Gasteiger partial charge in [-0.15, -0.1) is 0 Å². The Morgan fingerprint density at radius 3 is 2.90 bits per heavy atom. The molecule has 1 aromatic heterocycles. The number of nitrogens with zero attached hydrogens (tertiary/aromatic N) is 2. The van der Waals surface area contributed by atoms with Crippen LogP contribution in [0.1, 0.15) is 19.4 Å². The van der Waals surface area contributed by atoms with Crippen molar-refractivity contribution in [2.24, 2.45) is 5.92 Å². The van der Waals surface area contributed by atoms with Crippen molar-refractivity contribution in [1.29, 1.82) is 0 Å². The van der Waals surface area contributed by atoms with Gasteiger partial charge < -0.3 is 4.74 Å². The lowest BCUT2D eigenvalue weighted by molar-refractivity contribution is -0.121. The zero-order valence-electron chi connectivity index (χ0n) is 12.0. The first-order valence-electron chi connectivity index (χ1n) is 6.90. The fourth-order valence-electron chi connectivity index (χ4n) is 2.65. The van der Waals surface area contributed by atoms with Crippen LogP contribution in [0.15, 0.2) is 24.3 Å². The Balaban J connectivity index is 2.15. The number of aromatic nitrogens is 1. The minimum atomic E-state index is -0.0175. The normalized spacial score (nSPS) is 13.9. The summed E-state index contributed by atoms with van der Waals surface area (Å²) < 4.78 is 5.36. The van der Waals surface area contributed by atoms with Crippen LogP contribution in [0.4, 0.5) is 5.82 Å². The zero-order valence-corrected chi connectivity index (χ0v) is 12.0. The molecule has 0 N–H and O–H groups in total. The molecule has 2 aromatic rings. The molecule has 1 amide bonds. The largest absolute Gasteiger partial charge is 0.494 e. The Labute approximate surface area is 118 Å². The van der Waals surface area contributed by atoms with E-state index in [1.54, 1.807) is 12.0 Å². The molecule has 104 valence electrons. The van der Waals surface area contributed by atoms with Crippen LogP contribution in [0.25, 0.3) is 10.9 Å². The molecular weight excluding hydrogens is 252 g/mol. The van der Waals surface area contributed by atoms with Gasteiger partial charge in [0, 0.05) is 17.8 Å². The van der Waals surface area contributed by atoms with Gasteiger partial charge in [-0.25, -0.2) is 4.98 Å². The molecule has 0 saturated carbocycles. The van der Waals surface area contributed by atoms with Gasteiger partial charge in [0.25, 0.3) is 0 Å². The Bertz CT molecular complexity index is 679. The van der Waals surface area contributed by atoms with E-state index in [-0.39, 0.29) is 11.8 Å². The summed E-state index contributed by atoms with van der Waals surface area (Å²) in [4.78, 5) is 18.7. The summed E-state index contributed by atoms with van der Waals surface area (Å²) in [6.07, 6.45) is 0.869. The Hall–Kier alpha value is -2.10. The van der Waals surface area contributed by atoms with Gasteiger partial charge >= 0.3 is 0 Å². The first-order chi connectivity index (χ1) is 9.61. The minimum absolute atomic E-state index is 0.0175. The van der Waals surface area contributed by atoms with E-state index >= 15 is 0 Å². The summed E-state index contributed by atoms with van der Waals surface area (Å²) in [5.41, 5.74) is 1.96. The molecule has 1 aliphatic heterocycles. The number of anilines is 1. The first kappa shape index (κ1) is 12.9. The summed E-state index contributed by atoms with van der Waals surface area (Å²) in [5.74, 6) is 1.65. The third-order valence-corrected chi connectivity index (χ3v) is 3.71. The van der Waals surface area contributed by atoms with Crippen molar-refractivity contribution in [2.45, 2.75) is 20.3 Å². The standard InChI is InChI=1S/C16H18N2O2/c1-10(2)16(19)18-8-7-12-9-11-5-4-6-13(20-3)14(11)17-15(12)18/h4-6,9-10H,7-8H2,1-3H3. The van der Waals surface area contributed by atoms with Gasteiger partial charge in [0.1, 0.15) is 17.1 Å². The van der Waals surface area contributed by atoms with Crippen LogP contribution in [0.5, 0.6) is 5.75 Å². The number of para-hydroxylation sites is 1. The van der Waals surface area contributed by atoms with E-state index in [4.69, 9.17) is 9.72 Å². The molecule has 3 rings (SSSR count). The topological polar surface area (TPSA) is 42.4 Å². The van der Waals surface area contributed by atoms with Crippen LogP contribution >= 0.6 is 0 Å². The summed E-state index contributed by atoms with van der Waals surface area (Å²) >= 11 is 0. The third kappa shape index (κ3) is 1.92. The average molecular weight is 270 g/mol. The Kier molecular flexibility index (Phi) is 3.08. The zero-order chi connectivity index (χ0) is 14.3. The van der Waals surface area contributed by atoms with Gasteiger partial charge in [-0.1, -0.05) is 26.0 Å². The fraction of sp³-hybridized carbons (Fsp3) is 0.375. The number of hydrogen-bond acceptors (Lipinski definition) is 3. The molecule has 0 fully saturated rings. The number of carbonyl (C=O) groups is 1. The lowest BCUT2D eigenvalue weighted by atomic mass is 10.1.